The van der Waals surface area contributed by atoms with Crippen molar-refractivity contribution < 1.29 is 22.7 Å². The number of sulfonamides is 1. The van der Waals surface area contributed by atoms with Crippen LogP contribution >= 0.6 is 23.2 Å². The Kier molecular flexibility index (Phi) is 7.82. The van der Waals surface area contributed by atoms with Crippen molar-refractivity contribution in [3.8, 4) is 0 Å². The number of methoxy groups -OCH3 is 1. The Balaban J connectivity index is 1.61. The molecule has 0 radical (unpaired) electrons. The molecular weight excluding hydrogens is 475 g/mol. The van der Waals surface area contributed by atoms with Crippen LogP contribution in [0, 0.1) is 12.8 Å². The minimum absolute atomic E-state index is 0.180. The molecule has 0 spiro atoms. The van der Waals surface area contributed by atoms with E-state index in [9.17, 15) is 18.0 Å². The molecular formula is C22H24Cl2N2O5S. The van der Waals surface area contributed by atoms with Crippen LogP contribution in [0.4, 0.5) is 5.69 Å². The first-order valence-corrected chi connectivity index (χ1v) is 12.4. The minimum Gasteiger partial charge on any atom is -0.465 e. The number of esters is 1. The quantitative estimate of drug-likeness (QED) is 0.600. The van der Waals surface area contributed by atoms with Crippen molar-refractivity contribution >= 4 is 50.8 Å². The highest BCUT2D eigenvalue weighted by molar-refractivity contribution is 7.88. The number of piperidine rings is 1. The highest BCUT2D eigenvalue weighted by atomic mass is 35.5. The number of benzene rings is 2. The van der Waals surface area contributed by atoms with E-state index in [2.05, 4.69) is 5.32 Å². The standard InChI is InChI=1S/C22H24Cl2N2O5S/c1-14-17(22(28)31-2)4-3-5-20(14)25-21(27)16-8-10-26(11-9-16)32(29,30)13-15-6-7-18(23)19(24)12-15/h3-7,12,16H,8-11,13H2,1-2H3,(H,25,27). The van der Waals surface area contributed by atoms with Crippen molar-refractivity contribution in [2.45, 2.75) is 25.5 Å². The molecule has 1 aliphatic heterocycles. The van der Waals surface area contributed by atoms with E-state index in [0.29, 0.717) is 45.3 Å². The summed E-state index contributed by atoms with van der Waals surface area (Å²) in [6, 6.07) is 9.78. The van der Waals surface area contributed by atoms with Crippen molar-refractivity contribution in [1.29, 1.82) is 0 Å². The van der Waals surface area contributed by atoms with Gasteiger partial charge >= 0.3 is 5.97 Å². The predicted molar refractivity (Wildman–Crippen MR) is 125 cm³/mol. The number of hydrogen-bond acceptors (Lipinski definition) is 5. The van der Waals surface area contributed by atoms with Gasteiger partial charge in [-0.15, -0.1) is 0 Å². The normalized spacial score (nSPS) is 15.4. The minimum atomic E-state index is -3.55. The van der Waals surface area contributed by atoms with Gasteiger partial charge in [0.15, 0.2) is 0 Å². The van der Waals surface area contributed by atoms with E-state index in [4.69, 9.17) is 27.9 Å². The molecule has 1 N–H and O–H groups in total. The SMILES string of the molecule is COC(=O)c1cccc(NC(=O)C2CCN(S(=O)(=O)Cc3ccc(Cl)c(Cl)c3)CC2)c1C. The van der Waals surface area contributed by atoms with Crippen molar-refractivity contribution in [3.63, 3.8) is 0 Å². The molecule has 2 aromatic rings. The van der Waals surface area contributed by atoms with Gasteiger partial charge in [0.05, 0.1) is 28.5 Å². The molecule has 1 amide bonds. The number of nitrogens with one attached hydrogen (secondary N) is 1. The molecule has 0 aliphatic carbocycles. The molecule has 0 atom stereocenters. The van der Waals surface area contributed by atoms with E-state index in [1.807, 2.05) is 0 Å². The highest BCUT2D eigenvalue weighted by Crippen LogP contribution is 2.27. The molecule has 172 valence electrons. The van der Waals surface area contributed by atoms with Crippen molar-refractivity contribution in [1.82, 2.24) is 4.31 Å². The number of carbonyl (C=O) groups excluding carboxylic acids is 2. The molecule has 1 aliphatic rings. The smallest absolute Gasteiger partial charge is 0.338 e. The van der Waals surface area contributed by atoms with Gasteiger partial charge in [-0.25, -0.2) is 17.5 Å². The lowest BCUT2D eigenvalue weighted by atomic mass is 9.96. The average Bonchev–Trinajstić information content (AvgIpc) is 2.77. The third-order valence-corrected chi connectivity index (χ3v) is 8.14. The summed E-state index contributed by atoms with van der Waals surface area (Å²) in [5.41, 5.74) is 2.09. The molecule has 1 saturated heterocycles. The molecule has 0 unspecified atom stereocenters. The van der Waals surface area contributed by atoms with E-state index >= 15 is 0 Å². The Hall–Kier alpha value is -2.13. The van der Waals surface area contributed by atoms with E-state index < -0.39 is 16.0 Å². The number of anilines is 1. The van der Waals surface area contributed by atoms with Crippen LogP contribution in [0.1, 0.15) is 34.3 Å². The van der Waals surface area contributed by atoms with Crippen molar-refractivity contribution in [3.05, 3.63) is 63.1 Å². The summed E-state index contributed by atoms with van der Waals surface area (Å²) in [6.07, 6.45) is 0.810. The Morgan fingerprint density at radius 2 is 1.81 bits per heavy atom. The number of hydrogen-bond donors (Lipinski definition) is 1. The molecule has 0 saturated carbocycles. The molecule has 3 rings (SSSR count). The Morgan fingerprint density at radius 3 is 2.44 bits per heavy atom. The third kappa shape index (κ3) is 5.61. The second kappa shape index (κ2) is 10.2. The fraction of sp³-hybridized carbons (Fsp3) is 0.364. The summed E-state index contributed by atoms with van der Waals surface area (Å²) >= 11 is 11.9. The highest BCUT2D eigenvalue weighted by Gasteiger charge is 2.31. The van der Waals surface area contributed by atoms with Crippen LogP contribution in [0.3, 0.4) is 0 Å². The van der Waals surface area contributed by atoms with Gasteiger partial charge in [0.25, 0.3) is 0 Å². The van der Waals surface area contributed by atoms with E-state index in [-0.39, 0.29) is 30.7 Å². The van der Waals surface area contributed by atoms with Crippen LogP contribution in [0.25, 0.3) is 0 Å². The van der Waals surface area contributed by atoms with Gasteiger partial charge in [0.2, 0.25) is 15.9 Å². The Labute approximate surface area is 197 Å². The predicted octanol–water partition coefficient (Wildman–Crippen LogP) is 4.27. The molecule has 10 heteroatoms. The third-order valence-electron chi connectivity index (χ3n) is 5.55. The molecule has 32 heavy (non-hydrogen) atoms. The Morgan fingerprint density at radius 1 is 1.12 bits per heavy atom. The number of amides is 1. The zero-order valence-electron chi connectivity index (χ0n) is 17.7. The number of halogens is 2. The summed E-state index contributed by atoms with van der Waals surface area (Å²) in [4.78, 5) is 24.6. The summed E-state index contributed by atoms with van der Waals surface area (Å²) in [7, 11) is -2.25. The second-order valence-corrected chi connectivity index (χ2v) is 10.4. The number of nitrogens with zero attached hydrogens (tertiary/aromatic N) is 1. The fourth-order valence-electron chi connectivity index (χ4n) is 3.66. The largest absolute Gasteiger partial charge is 0.465 e. The number of rotatable bonds is 6. The average molecular weight is 499 g/mol. The monoisotopic (exact) mass is 498 g/mol. The van der Waals surface area contributed by atoms with Crippen LogP contribution in [0.5, 0.6) is 0 Å². The summed E-state index contributed by atoms with van der Waals surface area (Å²) in [6.45, 7) is 2.24. The van der Waals surface area contributed by atoms with Crippen LogP contribution in [0.2, 0.25) is 10.0 Å². The molecule has 2 aromatic carbocycles. The zero-order valence-corrected chi connectivity index (χ0v) is 20.1. The summed E-state index contributed by atoms with van der Waals surface area (Å²) in [5.74, 6) is -1.18. The summed E-state index contributed by atoms with van der Waals surface area (Å²) in [5, 5.41) is 3.54. The van der Waals surface area contributed by atoms with E-state index in [1.54, 1.807) is 43.3 Å². The fourth-order valence-corrected chi connectivity index (χ4v) is 5.54. The van der Waals surface area contributed by atoms with Crippen molar-refractivity contribution in [2.75, 3.05) is 25.5 Å². The first kappa shape index (κ1) is 24.5. The van der Waals surface area contributed by atoms with Crippen LogP contribution < -0.4 is 5.32 Å². The summed E-state index contributed by atoms with van der Waals surface area (Å²) < 4.78 is 31.8. The lowest BCUT2D eigenvalue weighted by molar-refractivity contribution is -0.120. The van der Waals surface area contributed by atoms with Gasteiger partial charge in [-0.2, -0.15) is 0 Å². The van der Waals surface area contributed by atoms with Gasteiger partial charge in [-0.1, -0.05) is 35.3 Å². The first-order chi connectivity index (χ1) is 15.1. The van der Waals surface area contributed by atoms with Gasteiger partial charge in [-0.05, 0) is 55.2 Å². The van der Waals surface area contributed by atoms with Crippen LogP contribution in [-0.4, -0.2) is 44.8 Å². The van der Waals surface area contributed by atoms with Gasteiger partial charge in [0, 0.05) is 24.7 Å². The topological polar surface area (TPSA) is 92.8 Å². The lowest BCUT2D eigenvalue weighted by Gasteiger charge is -2.30. The van der Waals surface area contributed by atoms with Crippen LogP contribution in [-0.2, 0) is 25.3 Å². The molecule has 1 fully saturated rings. The van der Waals surface area contributed by atoms with E-state index in [0.717, 1.165) is 0 Å². The van der Waals surface area contributed by atoms with Gasteiger partial charge < -0.3 is 10.1 Å². The van der Waals surface area contributed by atoms with Gasteiger partial charge in [0.1, 0.15) is 0 Å². The van der Waals surface area contributed by atoms with Crippen LogP contribution in [0.15, 0.2) is 36.4 Å². The lowest BCUT2D eigenvalue weighted by Crippen LogP contribution is -2.42. The zero-order chi connectivity index (χ0) is 23.5. The molecule has 1 heterocycles. The maximum atomic E-state index is 12.8. The number of ether oxygens (including phenoxy) is 1. The maximum absolute atomic E-state index is 12.8. The van der Waals surface area contributed by atoms with Gasteiger partial charge in [-0.3, -0.25) is 4.79 Å². The molecule has 0 bridgehead atoms. The first-order valence-electron chi connectivity index (χ1n) is 10.0. The Bertz CT molecular complexity index is 1130. The van der Waals surface area contributed by atoms with Crippen molar-refractivity contribution in [2.24, 2.45) is 5.92 Å². The molecule has 7 nitrogen and oxygen atoms in total. The van der Waals surface area contributed by atoms with E-state index in [1.165, 1.54) is 11.4 Å². The second-order valence-electron chi connectivity index (χ2n) is 7.64. The molecule has 0 aromatic heterocycles. The number of carbonyl (C=O) groups is 2. The maximum Gasteiger partial charge on any atom is 0.338 e.